The minimum Gasteiger partial charge on any atom is -0.507 e. The van der Waals surface area contributed by atoms with Gasteiger partial charge in [-0.1, -0.05) is 0 Å². The molecule has 0 bridgehead atoms. The molecule has 18 heteroatoms. The Labute approximate surface area is 295 Å². The second kappa shape index (κ2) is 15.5. The molecular weight excluding hydrogens is 696 g/mol. The molecule has 2 aromatic carbocycles. The van der Waals surface area contributed by atoms with Gasteiger partial charge in [-0.15, -0.1) is 0 Å². The van der Waals surface area contributed by atoms with Gasteiger partial charge in [-0.2, -0.15) is 0 Å². The number of hydrogen-bond acceptors (Lipinski definition) is 18. The van der Waals surface area contributed by atoms with E-state index in [0.717, 1.165) is 0 Å². The number of rotatable bonds is 9. The van der Waals surface area contributed by atoms with Crippen molar-refractivity contribution in [2.24, 2.45) is 0 Å². The molecule has 0 radical (unpaired) electrons. The van der Waals surface area contributed by atoms with Crippen molar-refractivity contribution >= 4 is 11.0 Å². The van der Waals surface area contributed by atoms with Gasteiger partial charge in [0, 0.05) is 23.8 Å². The number of benzene rings is 2. The lowest BCUT2D eigenvalue weighted by Gasteiger charge is -2.46. The highest BCUT2D eigenvalue weighted by molar-refractivity contribution is 5.86. The molecule has 6 rings (SSSR count). The highest BCUT2D eigenvalue weighted by Gasteiger charge is 2.52. The summed E-state index contributed by atoms with van der Waals surface area (Å²) in [6, 6.07) is 9.98. The molecule has 18 nitrogen and oxygen atoms in total. The predicted octanol–water partition coefficient (Wildman–Crippen LogP) is -1.94. The van der Waals surface area contributed by atoms with Gasteiger partial charge in [0.25, 0.3) is 0 Å². The van der Waals surface area contributed by atoms with Gasteiger partial charge in [-0.05, 0) is 38.1 Å². The lowest BCUT2D eigenvalue weighted by molar-refractivity contribution is -0.360. The number of aliphatic hydroxyl groups excluding tert-OH is 8. The van der Waals surface area contributed by atoms with Crippen LogP contribution >= 0.6 is 0 Å². The van der Waals surface area contributed by atoms with E-state index in [2.05, 4.69) is 0 Å². The van der Waals surface area contributed by atoms with Gasteiger partial charge in [0.2, 0.25) is 6.29 Å². The van der Waals surface area contributed by atoms with Crippen molar-refractivity contribution < 1.29 is 83.5 Å². The first-order valence-electron chi connectivity index (χ1n) is 16.5. The zero-order valence-corrected chi connectivity index (χ0v) is 28.1. The Morgan fingerprint density at radius 3 is 1.92 bits per heavy atom. The molecule has 3 saturated heterocycles. The molecule has 3 fully saturated rings. The fourth-order valence-corrected chi connectivity index (χ4v) is 6.24. The van der Waals surface area contributed by atoms with Gasteiger partial charge in [-0.25, -0.2) is 0 Å². The van der Waals surface area contributed by atoms with Crippen LogP contribution in [-0.4, -0.2) is 152 Å². The first-order valence-corrected chi connectivity index (χ1v) is 16.5. The molecule has 0 amide bonds. The van der Waals surface area contributed by atoms with Crippen LogP contribution in [0.4, 0.5) is 0 Å². The van der Waals surface area contributed by atoms with Crippen molar-refractivity contribution in [2.45, 2.75) is 106 Å². The van der Waals surface area contributed by atoms with E-state index in [-0.39, 0.29) is 34.0 Å². The number of ether oxygens (including phenoxy) is 7. The molecule has 3 aliphatic heterocycles. The van der Waals surface area contributed by atoms with Crippen LogP contribution < -0.4 is 14.9 Å². The zero-order valence-electron chi connectivity index (χ0n) is 28.1. The molecule has 9 N–H and O–H groups in total. The van der Waals surface area contributed by atoms with Gasteiger partial charge in [0.15, 0.2) is 24.1 Å². The van der Waals surface area contributed by atoms with E-state index in [1.54, 1.807) is 12.1 Å². The monoisotopic (exact) mass is 738 g/mol. The fraction of sp³-hybridized carbons (Fsp3) is 0.559. The Kier molecular flexibility index (Phi) is 11.4. The standard InChI is InChI=1S/C34H42O18/c1-12-23(37)26(40)29(43)32(47-12)46-11-21-25(39)28(42)31(52-33-30(44)27(41)24(38)13(2)48-33)34(51-21)49-15-6-4-14(5-7-15)19-10-18(36)22-17(35)8-16(45-3)9-20(22)50-19/h4-10,12-13,21,23-35,37-44H,11H2,1-3H3/t12-,13-,21+,23-,24-,25-,26+,27+,28-,29+,30+,31+,32+,33-,34+/m0/s1. The Bertz CT molecular complexity index is 1730. The van der Waals surface area contributed by atoms with E-state index >= 15 is 0 Å². The minimum absolute atomic E-state index is 0.0272. The van der Waals surface area contributed by atoms with Crippen molar-refractivity contribution in [2.75, 3.05) is 13.7 Å². The van der Waals surface area contributed by atoms with E-state index in [1.807, 2.05) is 0 Å². The normalized spacial score (nSPS) is 38.2. The van der Waals surface area contributed by atoms with Gasteiger partial charge in [-0.3, -0.25) is 4.79 Å². The third-order valence-corrected chi connectivity index (χ3v) is 9.39. The van der Waals surface area contributed by atoms with E-state index in [1.165, 1.54) is 51.3 Å². The van der Waals surface area contributed by atoms with Crippen LogP contribution in [0.25, 0.3) is 22.3 Å². The van der Waals surface area contributed by atoms with Gasteiger partial charge < -0.3 is 83.5 Å². The van der Waals surface area contributed by atoms with Crippen molar-refractivity contribution in [1.29, 1.82) is 0 Å². The van der Waals surface area contributed by atoms with Crippen LogP contribution in [0.2, 0.25) is 0 Å². The Hall–Kier alpha value is -3.47. The average Bonchev–Trinajstić information content (AvgIpc) is 3.12. The minimum atomic E-state index is -1.80. The molecule has 0 spiro atoms. The van der Waals surface area contributed by atoms with Crippen molar-refractivity contribution in [1.82, 2.24) is 0 Å². The van der Waals surface area contributed by atoms with Crippen molar-refractivity contribution in [3.63, 3.8) is 0 Å². The molecule has 0 unspecified atom stereocenters. The number of phenolic OH excluding ortho intramolecular Hbond substituents is 1. The number of methoxy groups -OCH3 is 1. The van der Waals surface area contributed by atoms with Crippen LogP contribution in [0, 0.1) is 0 Å². The summed E-state index contributed by atoms with van der Waals surface area (Å²) in [5.74, 6) is 0.242. The molecular formula is C34H42O18. The maximum absolute atomic E-state index is 12.8. The van der Waals surface area contributed by atoms with Gasteiger partial charge in [0.1, 0.15) is 88.9 Å². The van der Waals surface area contributed by atoms with Crippen LogP contribution in [0.5, 0.6) is 17.2 Å². The molecule has 15 atom stereocenters. The first-order chi connectivity index (χ1) is 24.7. The van der Waals surface area contributed by atoms with Gasteiger partial charge >= 0.3 is 0 Å². The topological polar surface area (TPSA) is 277 Å². The number of phenols is 1. The molecule has 3 aliphatic rings. The molecule has 0 aliphatic carbocycles. The summed E-state index contributed by atoms with van der Waals surface area (Å²) in [7, 11) is 1.40. The predicted molar refractivity (Wildman–Crippen MR) is 173 cm³/mol. The largest absolute Gasteiger partial charge is 0.507 e. The second-order valence-corrected chi connectivity index (χ2v) is 13.0. The van der Waals surface area contributed by atoms with Crippen LogP contribution in [-0.2, 0) is 23.7 Å². The summed E-state index contributed by atoms with van der Waals surface area (Å²) in [5.41, 5.74) is 0.0144. The SMILES string of the molecule is COc1cc(O)c2c(=O)cc(-c3ccc(O[C@@H]4O[C@H](CO[C@@H]5O[C@@H](C)[C@H](O)[C@@H](O)[C@H]5O)[C@H](O)[C@H](O)[C@H]4O[C@@H]4O[C@@H](C)[C@H](O)[C@@H](O)[C@H]4O)cc3)oc2c1. The van der Waals surface area contributed by atoms with Crippen LogP contribution in [0.3, 0.4) is 0 Å². The Morgan fingerprint density at radius 2 is 1.29 bits per heavy atom. The summed E-state index contributed by atoms with van der Waals surface area (Å²) >= 11 is 0. The molecule has 3 aromatic rings. The number of aliphatic hydroxyl groups is 8. The number of fused-ring (bicyclic) bond motifs is 1. The highest BCUT2D eigenvalue weighted by Crippen LogP contribution is 2.34. The van der Waals surface area contributed by atoms with Crippen LogP contribution in [0.1, 0.15) is 13.8 Å². The zero-order chi connectivity index (χ0) is 37.6. The molecule has 286 valence electrons. The molecule has 4 heterocycles. The third-order valence-electron chi connectivity index (χ3n) is 9.39. The third kappa shape index (κ3) is 7.48. The summed E-state index contributed by atoms with van der Waals surface area (Å²) in [4.78, 5) is 12.8. The highest BCUT2D eigenvalue weighted by atomic mass is 16.8. The summed E-state index contributed by atoms with van der Waals surface area (Å²) in [6.07, 6.45) is -22.6. The van der Waals surface area contributed by atoms with Crippen molar-refractivity contribution in [3.8, 4) is 28.6 Å². The van der Waals surface area contributed by atoms with Gasteiger partial charge in [0.05, 0.1) is 25.9 Å². The van der Waals surface area contributed by atoms with E-state index in [0.29, 0.717) is 5.56 Å². The molecule has 52 heavy (non-hydrogen) atoms. The fourth-order valence-electron chi connectivity index (χ4n) is 6.24. The second-order valence-electron chi connectivity index (χ2n) is 13.0. The molecule has 1 aromatic heterocycles. The average molecular weight is 739 g/mol. The first kappa shape index (κ1) is 38.3. The number of hydrogen-bond donors (Lipinski definition) is 9. The quantitative estimate of drug-likeness (QED) is 0.115. The van der Waals surface area contributed by atoms with Crippen molar-refractivity contribution in [3.05, 3.63) is 52.7 Å². The lowest BCUT2D eigenvalue weighted by atomic mass is 9.97. The van der Waals surface area contributed by atoms with Crippen LogP contribution in [0.15, 0.2) is 51.7 Å². The summed E-state index contributed by atoms with van der Waals surface area (Å²) < 4.78 is 45.4. The Balaban J connectivity index is 1.24. The van der Waals surface area contributed by atoms with E-state index in [4.69, 9.17) is 37.6 Å². The Morgan fingerprint density at radius 1 is 0.673 bits per heavy atom. The van der Waals surface area contributed by atoms with E-state index < -0.39 is 104 Å². The maximum atomic E-state index is 12.8. The van der Waals surface area contributed by atoms with E-state index in [9.17, 15) is 50.8 Å². The molecule has 0 saturated carbocycles. The smallest absolute Gasteiger partial charge is 0.229 e. The lowest BCUT2D eigenvalue weighted by Crippen LogP contribution is -2.65. The maximum Gasteiger partial charge on any atom is 0.229 e. The summed E-state index contributed by atoms with van der Waals surface area (Å²) in [5, 5.41) is 94.1. The number of aromatic hydroxyl groups is 1. The summed E-state index contributed by atoms with van der Waals surface area (Å²) in [6.45, 7) is 2.36.